The van der Waals surface area contributed by atoms with E-state index in [9.17, 15) is 0 Å². The van der Waals surface area contributed by atoms with E-state index >= 15 is 0 Å². The summed E-state index contributed by atoms with van der Waals surface area (Å²) in [6.45, 7) is 3.21. The highest BCUT2D eigenvalue weighted by molar-refractivity contribution is 6.42. The van der Waals surface area contributed by atoms with Gasteiger partial charge in [-0.2, -0.15) is 5.10 Å². The van der Waals surface area contributed by atoms with Crippen molar-refractivity contribution < 1.29 is 0 Å². The molecular formula is C24H19Cl4N3. The van der Waals surface area contributed by atoms with E-state index in [4.69, 9.17) is 46.4 Å². The van der Waals surface area contributed by atoms with Crippen LogP contribution < -0.4 is 5.43 Å². The van der Waals surface area contributed by atoms with Crippen LogP contribution in [-0.2, 0) is 13.1 Å². The van der Waals surface area contributed by atoms with E-state index in [1.807, 2.05) is 54.7 Å². The van der Waals surface area contributed by atoms with Gasteiger partial charge in [0.25, 0.3) is 0 Å². The van der Waals surface area contributed by atoms with Crippen LogP contribution in [0.3, 0.4) is 0 Å². The number of aromatic nitrogens is 1. The van der Waals surface area contributed by atoms with Crippen LogP contribution in [0.15, 0.2) is 65.8 Å². The molecule has 0 fully saturated rings. The number of hydrogen-bond acceptors (Lipinski definition) is 2. The predicted molar refractivity (Wildman–Crippen MR) is 133 cm³/mol. The Hall–Kier alpha value is -2.17. The number of rotatable bonds is 6. The van der Waals surface area contributed by atoms with Crippen LogP contribution in [0.4, 0.5) is 0 Å². The second kappa shape index (κ2) is 9.54. The number of hydrazone groups is 1. The first kappa shape index (κ1) is 22.0. The van der Waals surface area contributed by atoms with E-state index in [1.165, 1.54) is 0 Å². The molecule has 0 aliphatic heterocycles. The molecule has 4 rings (SSSR count). The lowest BCUT2D eigenvalue weighted by atomic mass is 10.1. The normalized spacial score (nSPS) is 11.5. The molecule has 1 heterocycles. The molecule has 7 heteroatoms. The molecule has 31 heavy (non-hydrogen) atoms. The second-order valence-corrected chi connectivity index (χ2v) is 8.77. The van der Waals surface area contributed by atoms with Gasteiger partial charge in [0.2, 0.25) is 0 Å². The minimum Gasteiger partial charge on any atom is -0.340 e. The number of nitrogens with one attached hydrogen (secondary N) is 1. The molecule has 158 valence electrons. The van der Waals surface area contributed by atoms with Crippen molar-refractivity contribution in [3.05, 3.63) is 103 Å². The summed E-state index contributed by atoms with van der Waals surface area (Å²) in [5.41, 5.74) is 8.23. The number of benzene rings is 3. The van der Waals surface area contributed by atoms with Gasteiger partial charge in [0.05, 0.1) is 22.8 Å². The van der Waals surface area contributed by atoms with Gasteiger partial charge in [-0.15, -0.1) is 0 Å². The Bertz CT molecular complexity index is 1260. The van der Waals surface area contributed by atoms with Crippen molar-refractivity contribution in [1.29, 1.82) is 0 Å². The van der Waals surface area contributed by atoms with E-state index in [0.29, 0.717) is 33.2 Å². The van der Waals surface area contributed by atoms with Crippen molar-refractivity contribution in [1.82, 2.24) is 9.99 Å². The molecule has 0 saturated heterocycles. The molecule has 0 bridgehead atoms. The number of halogens is 4. The fraction of sp³-hybridized carbons (Fsp3) is 0.125. The number of para-hydroxylation sites is 1. The van der Waals surface area contributed by atoms with Crippen molar-refractivity contribution in [2.45, 2.75) is 20.0 Å². The third-order valence-corrected chi connectivity index (χ3v) is 6.65. The first-order chi connectivity index (χ1) is 15.0. The molecule has 0 aliphatic rings. The first-order valence-corrected chi connectivity index (χ1v) is 11.2. The van der Waals surface area contributed by atoms with Crippen LogP contribution in [0.5, 0.6) is 0 Å². The number of fused-ring (bicyclic) bond motifs is 1. The van der Waals surface area contributed by atoms with E-state index in [1.54, 1.807) is 0 Å². The summed E-state index contributed by atoms with van der Waals surface area (Å²) < 4.78 is 2.25. The third kappa shape index (κ3) is 4.70. The average molecular weight is 491 g/mol. The molecule has 3 aromatic carbocycles. The third-order valence-electron chi connectivity index (χ3n) is 5.21. The van der Waals surface area contributed by atoms with Crippen LogP contribution in [0, 0.1) is 6.92 Å². The molecule has 4 aromatic rings. The lowest BCUT2D eigenvalue weighted by Gasteiger charge is -2.10. The van der Waals surface area contributed by atoms with Crippen LogP contribution in [-0.4, -0.2) is 10.8 Å². The Balaban J connectivity index is 1.61. The molecule has 0 saturated carbocycles. The van der Waals surface area contributed by atoms with Crippen molar-refractivity contribution in [3.8, 4) is 0 Å². The smallest absolute Gasteiger partial charge is 0.0609 e. The van der Waals surface area contributed by atoms with Crippen LogP contribution in [0.2, 0.25) is 20.1 Å². The van der Waals surface area contributed by atoms with Gasteiger partial charge >= 0.3 is 0 Å². The van der Waals surface area contributed by atoms with Gasteiger partial charge in [-0.3, -0.25) is 0 Å². The van der Waals surface area contributed by atoms with Gasteiger partial charge in [0.15, 0.2) is 0 Å². The van der Waals surface area contributed by atoms with Crippen LogP contribution in [0.1, 0.15) is 22.4 Å². The molecule has 0 radical (unpaired) electrons. The Labute approximate surface area is 201 Å². The van der Waals surface area contributed by atoms with Gasteiger partial charge in [-0.1, -0.05) is 76.7 Å². The van der Waals surface area contributed by atoms with Crippen molar-refractivity contribution in [2.75, 3.05) is 0 Å². The quantitative estimate of drug-likeness (QED) is 0.217. The fourth-order valence-corrected chi connectivity index (χ4v) is 4.43. The van der Waals surface area contributed by atoms with Gasteiger partial charge in [0.1, 0.15) is 0 Å². The summed E-state index contributed by atoms with van der Waals surface area (Å²) >= 11 is 24.7. The standard InChI is InChI=1S/C24H19Cl4N3/c1-15-18(12-29-30-13-19-20(25)6-4-7-21(19)26)17-5-2-3-8-24(17)31(15)14-16-9-10-22(27)23(28)11-16/h2-12,30H,13-14H2,1H3/b29-12+. The lowest BCUT2D eigenvalue weighted by Crippen LogP contribution is -2.07. The summed E-state index contributed by atoms with van der Waals surface area (Å²) in [6.07, 6.45) is 1.84. The van der Waals surface area contributed by atoms with E-state index in [0.717, 1.165) is 33.3 Å². The van der Waals surface area contributed by atoms with Crippen LogP contribution >= 0.6 is 46.4 Å². The molecule has 0 aliphatic carbocycles. The monoisotopic (exact) mass is 489 g/mol. The first-order valence-electron chi connectivity index (χ1n) is 9.66. The SMILES string of the molecule is Cc1c(/C=N/NCc2c(Cl)cccc2Cl)c2ccccc2n1Cc1ccc(Cl)c(Cl)c1. The molecule has 1 aromatic heterocycles. The highest BCUT2D eigenvalue weighted by atomic mass is 35.5. The Morgan fingerprint density at radius 1 is 0.871 bits per heavy atom. The Kier molecular flexibility index (Phi) is 6.78. The summed E-state index contributed by atoms with van der Waals surface area (Å²) in [4.78, 5) is 0. The zero-order valence-corrected chi connectivity index (χ0v) is 19.7. The average Bonchev–Trinajstić information content (AvgIpc) is 3.01. The lowest BCUT2D eigenvalue weighted by molar-refractivity contribution is 0.748. The predicted octanol–water partition coefficient (Wildman–Crippen LogP) is 7.74. The summed E-state index contributed by atoms with van der Waals surface area (Å²) in [7, 11) is 0. The maximum atomic E-state index is 6.23. The highest BCUT2D eigenvalue weighted by Crippen LogP contribution is 2.28. The Morgan fingerprint density at radius 3 is 2.35 bits per heavy atom. The molecular weight excluding hydrogens is 472 g/mol. The summed E-state index contributed by atoms with van der Waals surface area (Å²) in [5, 5.41) is 7.90. The van der Waals surface area contributed by atoms with Crippen molar-refractivity contribution >= 4 is 63.5 Å². The molecule has 0 spiro atoms. The van der Waals surface area contributed by atoms with Gasteiger partial charge in [-0.25, -0.2) is 0 Å². The van der Waals surface area contributed by atoms with Gasteiger partial charge in [-0.05, 0) is 42.8 Å². The largest absolute Gasteiger partial charge is 0.340 e. The van der Waals surface area contributed by atoms with E-state index < -0.39 is 0 Å². The van der Waals surface area contributed by atoms with E-state index in [-0.39, 0.29) is 0 Å². The molecule has 0 atom stereocenters. The summed E-state index contributed by atoms with van der Waals surface area (Å²) in [6, 6.07) is 19.4. The molecule has 0 unspecified atom stereocenters. The molecule has 3 nitrogen and oxygen atoms in total. The van der Waals surface area contributed by atoms with Crippen molar-refractivity contribution in [3.63, 3.8) is 0 Å². The van der Waals surface area contributed by atoms with Crippen LogP contribution in [0.25, 0.3) is 10.9 Å². The maximum absolute atomic E-state index is 6.23. The molecule has 0 amide bonds. The maximum Gasteiger partial charge on any atom is 0.0609 e. The number of hydrogen-bond donors (Lipinski definition) is 1. The minimum absolute atomic E-state index is 0.440. The zero-order valence-electron chi connectivity index (χ0n) is 16.7. The van der Waals surface area contributed by atoms with Gasteiger partial charge < -0.3 is 9.99 Å². The zero-order chi connectivity index (χ0) is 22.0. The Morgan fingerprint density at radius 2 is 1.61 bits per heavy atom. The number of nitrogens with zero attached hydrogens (tertiary/aromatic N) is 2. The van der Waals surface area contributed by atoms with Gasteiger partial charge in [0, 0.05) is 44.3 Å². The molecule has 1 N–H and O–H groups in total. The highest BCUT2D eigenvalue weighted by Gasteiger charge is 2.13. The fourth-order valence-electron chi connectivity index (χ4n) is 3.58. The summed E-state index contributed by atoms with van der Waals surface area (Å²) in [5.74, 6) is 0. The minimum atomic E-state index is 0.440. The van der Waals surface area contributed by atoms with E-state index in [2.05, 4.69) is 34.2 Å². The van der Waals surface area contributed by atoms with Crippen molar-refractivity contribution in [2.24, 2.45) is 5.10 Å². The second-order valence-electron chi connectivity index (χ2n) is 7.14. The topological polar surface area (TPSA) is 29.3 Å².